The van der Waals surface area contributed by atoms with Crippen molar-refractivity contribution < 1.29 is 0 Å². The van der Waals surface area contributed by atoms with Crippen molar-refractivity contribution in [1.82, 2.24) is 5.32 Å². The van der Waals surface area contributed by atoms with Gasteiger partial charge in [0.15, 0.2) is 0 Å². The summed E-state index contributed by atoms with van der Waals surface area (Å²) in [5.41, 5.74) is 0.894. The predicted octanol–water partition coefficient (Wildman–Crippen LogP) is 3.69. The maximum atomic E-state index is 3.70. The van der Waals surface area contributed by atoms with Crippen LogP contribution in [0.3, 0.4) is 0 Å². The minimum atomic E-state index is 0.273. The third-order valence-electron chi connectivity index (χ3n) is 3.49. The van der Waals surface area contributed by atoms with Crippen molar-refractivity contribution in [2.45, 2.75) is 58.4 Å². The van der Waals surface area contributed by atoms with E-state index in [4.69, 9.17) is 0 Å². The summed E-state index contributed by atoms with van der Waals surface area (Å²) >= 11 is 1.99. The highest BCUT2D eigenvalue weighted by atomic mass is 32.2. The van der Waals surface area contributed by atoms with Gasteiger partial charge >= 0.3 is 0 Å². The first-order valence-corrected chi connectivity index (χ1v) is 7.61. The van der Waals surface area contributed by atoms with Crippen LogP contribution in [-0.4, -0.2) is 24.1 Å². The molecular formula is C13H27NS. The van der Waals surface area contributed by atoms with Crippen LogP contribution in [0.2, 0.25) is 0 Å². The van der Waals surface area contributed by atoms with Crippen molar-refractivity contribution in [2.75, 3.05) is 18.6 Å². The van der Waals surface area contributed by atoms with E-state index in [0.29, 0.717) is 5.41 Å². The Morgan fingerprint density at radius 2 is 1.80 bits per heavy atom. The normalized spacial score (nSPS) is 20.8. The summed E-state index contributed by atoms with van der Waals surface area (Å²) in [5.74, 6) is 1.33. The van der Waals surface area contributed by atoms with E-state index < -0.39 is 0 Å². The van der Waals surface area contributed by atoms with E-state index in [2.05, 4.69) is 32.3 Å². The molecule has 0 radical (unpaired) electrons. The zero-order valence-electron chi connectivity index (χ0n) is 10.9. The molecule has 1 aliphatic carbocycles. The van der Waals surface area contributed by atoms with Gasteiger partial charge in [-0.25, -0.2) is 0 Å². The van der Waals surface area contributed by atoms with Crippen LogP contribution in [0, 0.1) is 5.41 Å². The van der Waals surface area contributed by atoms with Crippen molar-refractivity contribution in [3.05, 3.63) is 0 Å². The summed E-state index contributed by atoms with van der Waals surface area (Å²) in [5, 5.41) is 3.70. The molecule has 0 aromatic carbocycles. The molecule has 0 unspecified atom stereocenters. The fourth-order valence-corrected chi connectivity index (χ4v) is 3.05. The van der Waals surface area contributed by atoms with E-state index in [0.717, 1.165) is 0 Å². The summed E-state index contributed by atoms with van der Waals surface area (Å²) in [6.45, 7) is 8.02. The van der Waals surface area contributed by atoms with E-state index in [1.807, 2.05) is 11.8 Å². The number of nitrogens with one attached hydrogen (secondary N) is 1. The summed E-state index contributed by atoms with van der Waals surface area (Å²) in [7, 11) is 0. The van der Waals surface area contributed by atoms with Gasteiger partial charge in [-0.2, -0.15) is 11.8 Å². The zero-order valence-corrected chi connectivity index (χ0v) is 11.7. The van der Waals surface area contributed by atoms with Crippen LogP contribution >= 0.6 is 11.8 Å². The van der Waals surface area contributed by atoms with Gasteiger partial charge in [-0.3, -0.25) is 0 Å². The predicted molar refractivity (Wildman–Crippen MR) is 71.7 cm³/mol. The topological polar surface area (TPSA) is 12.0 Å². The van der Waals surface area contributed by atoms with Gasteiger partial charge in [0.2, 0.25) is 0 Å². The highest BCUT2D eigenvalue weighted by Gasteiger charge is 2.33. The minimum Gasteiger partial charge on any atom is -0.312 e. The number of hydrogen-bond donors (Lipinski definition) is 1. The lowest BCUT2D eigenvalue weighted by molar-refractivity contribution is 0.240. The Morgan fingerprint density at radius 1 is 1.20 bits per heavy atom. The largest absolute Gasteiger partial charge is 0.312 e. The summed E-state index contributed by atoms with van der Waals surface area (Å²) in [6.07, 6.45) is 9.39. The molecule has 0 aromatic heterocycles. The Kier molecular flexibility index (Phi) is 4.98. The molecule has 2 heteroatoms. The molecule has 1 fully saturated rings. The van der Waals surface area contributed by atoms with Gasteiger partial charge in [0, 0.05) is 12.1 Å². The molecule has 0 saturated heterocycles. The Balaban J connectivity index is 2.42. The summed E-state index contributed by atoms with van der Waals surface area (Å²) in [4.78, 5) is 0. The minimum absolute atomic E-state index is 0.273. The SMILES string of the molecule is CSCCC1(CNC(C)(C)C)CCCC1. The average molecular weight is 229 g/mol. The molecular weight excluding hydrogens is 202 g/mol. The molecule has 0 bridgehead atoms. The quantitative estimate of drug-likeness (QED) is 0.771. The molecule has 0 amide bonds. The smallest absolute Gasteiger partial charge is 0.00967 e. The Labute approximate surface area is 99.8 Å². The monoisotopic (exact) mass is 229 g/mol. The second-order valence-electron chi connectivity index (χ2n) is 6.05. The molecule has 1 saturated carbocycles. The molecule has 1 rings (SSSR count). The third-order valence-corrected chi connectivity index (χ3v) is 4.11. The van der Waals surface area contributed by atoms with E-state index in [1.165, 1.54) is 44.4 Å². The molecule has 90 valence electrons. The Bertz CT molecular complexity index is 177. The lowest BCUT2D eigenvalue weighted by atomic mass is 9.82. The molecule has 1 N–H and O–H groups in total. The molecule has 0 heterocycles. The van der Waals surface area contributed by atoms with Gasteiger partial charge in [0.05, 0.1) is 0 Å². The highest BCUT2D eigenvalue weighted by Crippen LogP contribution is 2.41. The van der Waals surface area contributed by atoms with Crippen molar-refractivity contribution in [2.24, 2.45) is 5.41 Å². The zero-order chi connectivity index (χ0) is 11.4. The van der Waals surface area contributed by atoms with E-state index >= 15 is 0 Å². The fraction of sp³-hybridized carbons (Fsp3) is 1.00. The van der Waals surface area contributed by atoms with Gasteiger partial charge in [-0.1, -0.05) is 12.8 Å². The fourth-order valence-electron chi connectivity index (χ4n) is 2.41. The lowest BCUT2D eigenvalue weighted by Crippen LogP contribution is -2.43. The van der Waals surface area contributed by atoms with E-state index in [9.17, 15) is 0 Å². The van der Waals surface area contributed by atoms with Crippen LogP contribution < -0.4 is 5.32 Å². The van der Waals surface area contributed by atoms with Crippen molar-refractivity contribution in [3.63, 3.8) is 0 Å². The van der Waals surface area contributed by atoms with Gasteiger partial charge in [-0.05, 0) is 57.5 Å². The molecule has 15 heavy (non-hydrogen) atoms. The van der Waals surface area contributed by atoms with Crippen LogP contribution in [-0.2, 0) is 0 Å². The van der Waals surface area contributed by atoms with Gasteiger partial charge in [0.25, 0.3) is 0 Å². The molecule has 0 aromatic rings. The average Bonchev–Trinajstić information content (AvgIpc) is 2.60. The highest BCUT2D eigenvalue weighted by molar-refractivity contribution is 7.98. The van der Waals surface area contributed by atoms with Crippen LogP contribution in [0.25, 0.3) is 0 Å². The van der Waals surface area contributed by atoms with Crippen molar-refractivity contribution in [1.29, 1.82) is 0 Å². The lowest BCUT2D eigenvalue weighted by Gasteiger charge is -2.33. The maximum absolute atomic E-state index is 3.70. The molecule has 0 aliphatic heterocycles. The number of thioether (sulfide) groups is 1. The van der Waals surface area contributed by atoms with Crippen molar-refractivity contribution >= 4 is 11.8 Å². The van der Waals surface area contributed by atoms with Crippen LogP contribution in [0.5, 0.6) is 0 Å². The molecule has 0 atom stereocenters. The molecule has 1 nitrogen and oxygen atoms in total. The number of hydrogen-bond acceptors (Lipinski definition) is 2. The first-order valence-electron chi connectivity index (χ1n) is 6.21. The Morgan fingerprint density at radius 3 is 2.27 bits per heavy atom. The van der Waals surface area contributed by atoms with Crippen LogP contribution in [0.4, 0.5) is 0 Å². The van der Waals surface area contributed by atoms with Crippen molar-refractivity contribution in [3.8, 4) is 0 Å². The first-order chi connectivity index (χ1) is 6.97. The standard InChI is InChI=1S/C13H27NS/c1-12(2,3)14-11-13(9-10-15-4)7-5-6-8-13/h14H,5-11H2,1-4H3. The van der Waals surface area contributed by atoms with E-state index in [-0.39, 0.29) is 5.54 Å². The third kappa shape index (κ3) is 4.78. The van der Waals surface area contributed by atoms with Crippen LogP contribution in [0.15, 0.2) is 0 Å². The Hall–Kier alpha value is 0.310. The van der Waals surface area contributed by atoms with Gasteiger partial charge < -0.3 is 5.32 Å². The molecule has 0 spiro atoms. The summed E-state index contributed by atoms with van der Waals surface area (Å²) in [6, 6.07) is 0. The maximum Gasteiger partial charge on any atom is 0.00967 e. The summed E-state index contributed by atoms with van der Waals surface area (Å²) < 4.78 is 0. The first kappa shape index (κ1) is 13.4. The molecule has 1 aliphatic rings. The second-order valence-corrected chi connectivity index (χ2v) is 7.04. The van der Waals surface area contributed by atoms with E-state index in [1.54, 1.807) is 0 Å². The van der Waals surface area contributed by atoms with Crippen LogP contribution in [0.1, 0.15) is 52.9 Å². The number of rotatable bonds is 5. The van der Waals surface area contributed by atoms with Gasteiger partial charge in [0.1, 0.15) is 0 Å². The second kappa shape index (κ2) is 5.58. The van der Waals surface area contributed by atoms with Gasteiger partial charge in [-0.15, -0.1) is 0 Å².